The fourth-order valence-corrected chi connectivity index (χ4v) is 2.77. The molecule has 0 unspecified atom stereocenters. The second kappa shape index (κ2) is 8.95. The van der Waals surface area contributed by atoms with Crippen LogP contribution in [-0.2, 0) is 16.1 Å². The number of fused-ring (bicyclic) bond motifs is 1. The van der Waals surface area contributed by atoms with Crippen LogP contribution in [0.15, 0.2) is 64.8 Å². The van der Waals surface area contributed by atoms with Gasteiger partial charge in [0.15, 0.2) is 5.69 Å². The number of carbonyl (C=O) groups excluding carboxylic acids is 1. The lowest BCUT2D eigenvalue weighted by atomic mass is 10.2. The van der Waals surface area contributed by atoms with E-state index < -0.39 is 5.91 Å². The van der Waals surface area contributed by atoms with E-state index in [1.165, 1.54) is 0 Å². The zero-order valence-electron chi connectivity index (χ0n) is 15.1. The minimum absolute atomic E-state index is 0.0246. The van der Waals surface area contributed by atoms with Crippen molar-refractivity contribution in [1.29, 1.82) is 0 Å². The highest BCUT2D eigenvalue weighted by atomic mass is 16.5. The molecule has 1 aromatic heterocycles. The Hall–Kier alpha value is -3.19. The van der Waals surface area contributed by atoms with E-state index >= 15 is 0 Å². The molecule has 1 heterocycles. The number of rotatable bonds is 8. The molecule has 0 bridgehead atoms. The summed E-state index contributed by atoms with van der Waals surface area (Å²) in [7, 11) is 0. The molecule has 0 fully saturated rings. The van der Waals surface area contributed by atoms with Crippen LogP contribution in [0, 0.1) is 0 Å². The van der Waals surface area contributed by atoms with Gasteiger partial charge in [-0.1, -0.05) is 36.4 Å². The van der Waals surface area contributed by atoms with Gasteiger partial charge < -0.3 is 19.7 Å². The van der Waals surface area contributed by atoms with Crippen LogP contribution in [0.5, 0.6) is 5.88 Å². The number of hydrogen-bond donors (Lipinski definition) is 2. The Balaban J connectivity index is 1.76. The van der Waals surface area contributed by atoms with Crippen LogP contribution in [0.4, 0.5) is 11.4 Å². The van der Waals surface area contributed by atoms with E-state index in [9.17, 15) is 9.90 Å². The van der Waals surface area contributed by atoms with E-state index in [1.54, 1.807) is 4.57 Å². The number of carbonyl (C=O) groups is 1. The van der Waals surface area contributed by atoms with Gasteiger partial charge in [0.25, 0.3) is 5.91 Å². The zero-order chi connectivity index (χ0) is 19.1. The largest absolute Gasteiger partial charge is 0.493 e. The van der Waals surface area contributed by atoms with Crippen molar-refractivity contribution in [2.24, 2.45) is 10.2 Å². The Bertz CT molecular complexity index is 935. The van der Waals surface area contributed by atoms with E-state index in [2.05, 4.69) is 15.5 Å². The van der Waals surface area contributed by atoms with Gasteiger partial charge in [0.2, 0.25) is 5.88 Å². The molecule has 7 heteroatoms. The van der Waals surface area contributed by atoms with Crippen molar-refractivity contribution in [1.82, 2.24) is 4.57 Å². The topological polar surface area (TPSA) is 88.2 Å². The Morgan fingerprint density at radius 1 is 1.15 bits per heavy atom. The van der Waals surface area contributed by atoms with Crippen LogP contribution >= 0.6 is 0 Å². The minimum Gasteiger partial charge on any atom is -0.493 e. The lowest BCUT2D eigenvalue weighted by molar-refractivity contribution is -0.116. The smallest absolute Gasteiger partial charge is 0.283 e. The Labute approximate surface area is 157 Å². The van der Waals surface area contributed by atoms with Gasteiger partial charge >= 0.3 is 0 Å². The summed E-state index contributed by atoms with van der Waals surface area (Å²) in [5, 5.41) is 22.0. The number of anilines is 1. The number of aromatic hydroxyl groups is 1. The second-order valence-electron chi connectivity index (χ2n) is 5.85. The van der Waals surface area contributed by atoms with Gasteiger partial charge in [0, 0.05) is 24.2 Å². The molecule has 0 aliphatic rings. The van der Waals surface area contributed by atoms with Gasteiger partial charge in [-0.2, -0.15) is 0 Å². The van der Waals surface area contributed by atoms with Crippen LogP contribution in [0.25, 0.3) is 10.9 Å². The second-order valence-corrected chi connectivity index (χ2v) is 5.85. The first-order valence-electron chi connectivity index (χ1n) is 8.82. The van der Waals surface area contributed by atoms with Crippen molar-refractivity contribution in [3.05, 3.63) is 54.6 Å². The molecular formula is C20H22N4O3. The van der Waals surface area contributed by atoms with Crippen molar-refractivity contribution in [3.63, 3.8) is 0 Å². The third-order valence-electron chi connectivity index (χ3n) is 4.06. The molecule has 0 saturated heterocycles. The van der Waals surface area contributed by atoms with Crippen LogP contribution in [0.1, 0.15) is 6.92 Å². The van der Waals surface area contributed by atoms with E-state index in [0.717, 1.165) is 16.6 Å². The van der Waals surface area contributed by atoms with Gasteiger partial charge in [0.05, 0.1) is 18.7 Å². The normalized spacial score (nSPS) is 11.3. The Morgan fingerprint density at radius 3 is 2.67 bits per heavy atom. The monoisotopic (exact) mass is 366 g/mol. The summed E-state index contributed by atoms with van der Waals surface area (Å²) in [6.45, 7) is 3.51. The van der Waals surface area contributed by atoms with E-state index in [4.69, 9.17) is 4.74 Å². The quantitative estimate of drug-likeness (QED) is 0.464. The van der Waals surface area contributed by atoms with Crippen LogP contribution in [-0.4, -0.2) is 35.3 Å². The SMILES string of the molecule is CCOCCn1c(O)c(N=NC(=O)CNc2ccccc2)c2ccccc21. The number of hydrogen-bond acceptors (Lipinski definition) is 5. The summed E-state index contributed by atoms with van der Waals surface area (Å²) < 4.78 is 7.09. The highest BCUT2D eigenvalue weighted by Gasteiger charge is 2.16. The first-order chi connectivity index (χ1) is 13.2. The molecule has 0 aliphatic heterocycles. The summed E-state index contributed by atoms with van der Waals surface area (Å²) in [6.07, 6.45) is 0. The molecular weight excluding hydrogens is 344 g/mol. The van der Waals surface area contributed by atoms with Crippen LogP contribution in [0.3, 0.4) is 0 Å². The lowest BCUT2D eigenvalue weighted by Crippen LogP contribution is -2.10. The maximum absolute atomic E-state index is 12.0. The van der Waals surface area contributed by atoms with Gasteiger partial charge in [-0.15, -0.1) is 10.2 Å². The maximum Gasteiger partial charge on any atom is 0.283 e. The predicted octanol–water partition coefficient (Wildman–Crippen LogP) is 4.11. The van der Waals surface area contributed by atoms with Crippen molar-refractivity contribution < 1.29 is 14.6 Å². The van der Waals surface area contributed by atoms with Gasteiger partial charge in [-0.3, -0.25) is 4.79 Å². The fraction of sp³-hybridized carbons (Fsp3) is 0.250. The van der Waals surface area contributed by atoms with Gasteiger partial charge in [-0.25, -0.2) is 0 Å². The average molecular weight is 366 g/mol. The van der Waals surface area contributed by atoms with Gasteiger partial charge in [-0.05, 0) is 25.1 Å². The zero-order valence-corrected chi connectivity index (χ0v) is 15.1. The highest BCUT2D eigenvalue weighted by molar-refractivity contribution is 5.95. The van der Waals surface area contributed by atoms with Crippen molar-refractivity contribution in [2.75, 3.05) is 25.1 Å². The first-order valence-corrected chi connectivity index (χ1v) is 8.82. The number of nitrogens with zero attached hydrogens (tertiary/aromatic N) is 3. The summed E-state index contributed by atoms with van der Waals surface area (Å²) in [4.78, 5) is 12.0. The maximum atomic E-state index is 12.0. The molecule has 3 rings (SSSR count). The Kier molecular flexibility index (Phi) is 6.17. The summed E-state index contributed by atoms with van der Waals surface area (Å²) in [6, 6.07) is 16.8. The molecule has 0 spiro atoms. The highest BCUT2D eigenvalue weighted by Crippen LogP contribution is 2.38. The number of para-hydroxylation sites is 2. The molecule has 7 nitrogen and oxygen atoms in total. The minimum atomic E-state index is -0.426. The third-order valence-corrected chi connectivity index (χ3v) is 4.06. The molecule has 3 aromatic rings. The predicted molar refractivity (Wildman–Crippen MR) is 105 cm³/mol. The molecule has 2 aromatic carbocycles. The number of amides is 1. The molecule has 2 N–H and O–H groups in total. The van der Waals surface area contributed by atoms with Crippen LogP contribution < -0.4 is 5.32 Å². The number of benzene rings is 2. The average Bonchev–Trinajstić information content (AvgIpc) is 2.97. The van der Waals surface area contributed by atoms with E-state index in [0.29, 0.717) is 19.8 Å². The lowest BCUT2D eigenvalue weighted by Gasteiger charge is -2.06. The number of azo groups is 1. The van der Waals surface area contributed by atoms with E-state index in [1.807, 2.05) is 61.5 Å². The number of aromatic nitrogens is 1. The summed E-state index contributed by atoms with van der Waals surface area (Å²) >= 11 is 0. The molecule has 0 radical (unpaired) electrons. The molecule has 140 valence electrons. The van der Waals surface area contributed by atoms with E-state index in [-0.39, 0.29) is 18.1 Å². The summed E-state index contributed by atoms with van der Waals surface area (Å²) in [5.41, 5.74) is 1.94. The molecule has 27 heavy (non-hydrogen) atoms. The molecule has 1 amide bonds. The van der Waals surface area contributed by atoms with Crippen molar-refractivity contribution >= 4 is 28.2 Å². The van der Waals surface area contributed by atoms with Gasteiger partial charge in [0.1, 0.15) is 0 Å². The number of nitrogens with one attached hydrogen (secondary N) is 1. The molecule has 0 aliphatic carbocycles. The standard InChI is InChI=1S/C20H22N4O3/c1-2-27-13-12-24-17-11-7-6-10-16(17)19(20(24)26)23-22-18(25)14-21-15-8-4-3-5-9-15/h3-11,21,26H,2,12-14H2,1H3. The summed E-state index contributed by atoms with van der Waals surface area (Å²) in [5.74, 6) is -0.451. The number of ether oxygens (including phenoxy) is 1. The first kappa shape index (κ1) is 18.6. The molecule has 0 atom stereocenters. The third kappa shape index (κ3) is 4.51. The van der Waals surface area contributed by atoms with Crippen molar-refractivity contribution in [3.8, 4) is 5.88 Å². The Morgan fingerprint density at radius 2 is 1.89 bits per heavy atom. The molecule has 0 saturated carbocycles. The van der Waals surface area contributed by atoms with Crippen LogP contribution in [0.2, 0.25) is 0 Å². The van der Waals surface area contributed by atoms with Crippen molar-refractivity contribution in [2.45, 2.75) is 13.5 Å². The fourth-order valence-electron chi connectivity index (χ4n) is 2.77.